The molecule has 0 aromatic rings. The molecule has 1 amide bonds. The molecule has 0 aromatic carbocycles. The number of rotatable bonds is 1. The first kappa shape index (κ1) is 7.05. The molecule has 4 nitrogen and oxygen atoms in total. The third-order valence-corrected chi connectivity index (χ3v) is 1.48. The summed E-state index contributed by atoms with van der Waals surface area (Å²) in [5.74, 6) is 0.145. The summed E-state index contributed by atoms with van der Waals surface area (Å²) in [6, 6.07) is 0. The van der Waals surface area contributed by atoms with Crippen LogP contribution in [0.2, 0.25) is 0 Å². The van der Waals surface area contributed by atoms with E-state index in [-0.39, 0.29) is 11.9 Å². The van der Waals surface area contributed by atoms with E-state index in [1.54, 1.807) is 0 Å². The van der Waals surface area contributed by atoms with E-state index in [1.165, 1.54) is 0 Å². The molecule has 0 aromatic heterocycles. The van der Waals surface area contributed by atoms with Crippen molar-refractivity contribution in [2.24, 2.45) is 5.73 Å². The van der Waals surface area contributed by atoms with Crippen LogP contribution in [0.1, 0.15) is 19.3 Å². The highest BCUT2D eigenvalue weighted by Crippen LogP contribution is 2.17. The van der Waals surface area contributed by atoms with Gasteiger partial charge in [-0.25, -0.2) is 4.79 Å². The number of Topliss-reactive ketones (excluding diaryl/α,β-unsaturated/α-hetero) is 1. The molecular formula is C6H9NO3. The molecule has 0 heterocycles. The van der Waals surface area contributed by atoms with Crippen molar-refractivity contribution >= 4 is 11.9 Å². The van der Waals surface area contributed by atoms with E-state index in [4.69, 9.17) is 5.73 Å². The van der Waals surface area contributed by atoms with Crippen molar-refractivity contribution in [2.75, 3.05) is 0 Å². The molecule has 2 N–H and O–H groups in total. The van der Waals surface area contributed by atoms with Crippen LogP contribution in [0, 0.1) is 0 Å². The molecule has 4 heteroatoms. The SMILES string of the molecule is NC(=O)O[C@@H]1CCC(=O)C1. The molecular weight excluding hydrogens is 134 g/mol. The van der Waals surface area contributed by atoms with E-state index in [9.17, 15) is 9.59 Å². The number of primary amides is 1. The van der Waals surface area contributed by atoms with Gasteiger partial charge in [-0.3, -0.25) is 4.79 Å². The second-order valence-corrected chi connectivity index (χ2v) is 2.34. The first-order valence-electron chi connectivity index (χ1n) is 3.16. The van der Waals surface area contributed by atoms with Crippen LogP contribution >= 0.6 is 0 Å². The van der Waals surface area contributed by atoms with E-state index >= 15 is 0 Å². The second-order valence-electron chi connectivity index (χ2n) is 2.34. The Bertz CT molecular complexity index is 166. The van der Waals surface area contributed by atoms with Gasteiger partial charge < -0.3 is 10.5 Å². The third kappa shape index (κ3) is 1.72. The molecule has 0 radical (unpaired) electrons. The van der Waals surface area contributed by atoms with Crippen LogP contribution in [0.5, 0.6) is 0 Å². The van der Waals surface area contributed by atoms with E-state index in [1.807, 2.05) is 0 Å². The zero-order valence-electron chi connectivity index (χ0n) is 5.50. The van der Waals surface area contributed by atoms with Gasteiger partial charge in [0.1, 0.15) is 11.9 Å². The molecule has 0 saturated heterocycles. The highest BCUT2D eigenvalue weighted by Gasteiger charge is 2.24. The van der Waals surface area contributed by atoms with E-state index in [0.29, 0.717) is 19.3 Å². The van der Waals surface area contributed by atoms with Gasteiger partial charge in [0.25, 0.3) is 0 Å². The minimum atomic E-state index is -0.792. The predicted octanol–water partition coefficient (Wildman–Crippen LogP) is 0.203. The summed E-state index contributed by atoms with van der Waals surface area (Å²) in [5.41, 5.74) is 4.75. The summed E-state index contributed by atoms with van der Waals surface area (Å²) in [6.07, 6.45) is 0.424. The van der Waals surface area contributed by atoms with Gasteiger partial charge in [0.05, 0.1) is 0 Å². The quantitative estimate of drug-likeness (QED) is 0.570. The maximum atomic E-state index is 10.6. The molecule has 1 saturated carbocycles. The largest absolute Gasteiger partial charge is 0.446 e. The zero-order chi connectivity index (χ0) is 7.56. The smallest absolute Gasteiger partial charge is 0.404 e. The maximum Gasteiger partial charge on any atom is 0.404 e. The van der Waals surface area contributed by atoms with Gasteiger partial charge in [0.15, 0.2) is 0 Å². The van der Waals surface area contributed by atoms with Crippen molar-refractivity contribution < 1.29 is 14.3 Å². The van der Waals surface area contributed by atoms with Crippen LogP contribution in [-0.2, 0) is 9.53 Å². The monoisotopic (exact) mass is 143 g/mol. The van der Waals surface area contributed by atoms with Crippen LogP contribution in [0.25, 0.3) is 0 Å². The standard InChI is InChI=1S/C6H9NO3/c7-6(9)10-5-2-1-4(8)3-5/h5H,1-3H2,(H2,7,9)/t5-/m1/s1. The Labute approximate surface area is 58.3 Å². The van der Waals surface area contributed by atoms with Gasteiger partial charge in [-0.05, 0) is 6.42 Å². The van der Waals surface area contributed by atoms with Crippen molar-refractivity contribution in [1.82, 2.24) is 0 Å². The number of hydrogen-bond donors (Lipinski definition) is 1. The summed E-state index contributed by atoms with van der Waals surface area (Å²) in [6.45, 7) is 0. The van der Waals surface area contributed by atoms with Crippen molar-refractivity contribution in [3.63, 3.8) is 0 Å². The van der Waals surface area contributed by atoms with E-state index < -0.39 is 6.09 Å². The van der Waals surface area contributed by atoms with Crippen LogP contribution in [0.3, 0.4) is 0 Å². The summed E-state index contributed by atoms with van der Waals surface area (Å²) < 4.78 is 4.60. The van der Waals surface area contributed by atoms with Crippen molar-refractivity contribution in [1.29, 1.82) is 0 Å². The molecule has 10 heavy (non-hydrogen) atoms. The van der Waals surface area contributed by atoms with E-state index in [2.05, 4.69) is 4.74 Å². The number of ether oxygens (including phenoxy) is 1. The lowest BCUT2D eigenvalue weighted by molar-refractivity contribution is -0.117. The molecule has 1 rings (SSSR count). The average molecular weight is 143 g/mol. The Morgan fingerprint density at radius 1 is 1.70 bits per heavy atom. The first-order chi connectivity index (χ1) is 4.68. The zero-order valence-corrected chi connectivity index (χ0v) is 5.50. The third-order valence-electron chi connectivity index (χ3n) is 1.48. The average Bonchev–Trinajstić information content (AvgIpc) is 2.13. The molecule has 1 atom stereocenters. The van der Waals surface area contributed by atoms with Gasteiger partial charge in [-0.2, -0.15) is 0 Å². The minimum absolute atomic E-state index is 0.145. The number of carbonyl (C=O) groups is 2. The fourth-order valence-electron chi connectivity index (χ4n) is 1.04. The lowest BCUT2D eigenvalue weighted by atomic mass is 10.3. The Morgan fingerprint density at radius 2 is 2.40 bits per heavy atom. The first-order valence-corrected chi connectivity index (χ1v) is 3.16. The highest BCUT2D eigenvalue weighted by atomic mass is 16.6. The molecule has 0 unspecified atom stereocenters. The molecule has 1 fully saturated rings. The van der Waals surface area contributed by atoms with E-state index in [0.717, 1.165) is 0 Å². The predicted molar refractivity (Wildman–Crippen MR) is 33.3 cm³/mol. The highest BCUT2D eigenvalue weighted by molar-refractivity contribution is 5.81. The number of hydrogen-bond acceptors (Lipinski definition) is 3. The van der Waals surface area contributed by atoms with Gasteiger partial charge in [0, 0.05) is 12.8 Å². The Balaban J connectivity index is 2.31. The van der Waals surface area contributed by atoms with Gasteiger partial charge >= 0.3 is 6.09 Å². The summed E-state index contributed by atoms with van der Waals surface area (Å²) in [7, 11) is 0. The topological polar surface area (TPSA) is 69.4 Å². The molecule has 0 aliphatic heterocycles. The van der Waals surface area contributed by atoms with Gasteiger partial charge in [-0.15, -0.1) is 0 Å². The van der Waals surface area contributed by atoms with Crippen LogP contribution in [-0.4, -0.2) is 18.0 Å². The lowest BCUT2D eigenvalue weighted by Gasteiger charge is -2.05. The fraction of sp³-hybridized carbons (Fsp3) is 0.667. The number of ketones is 1. The normalized spacial score (nSPS) is 24.8. The Morgan fingerprint density at radius 3 is 2.80 bits per heavy atom. The molecule has 0 spiro atoms. The van der Waals surface area contributed by atoms with Gasteiger partial charge in [-0.1, -0.05) is 0 Å². The van der Waals surface area contributed by atoms with Crippen LogP contribution in [0.15, 0.2) is 0 Å². The van der Waals surface area contributed by atoms with Crippen molar-refractivity contribution in [3.05, 3.63) is 0 Å². The van der Waals surface area contributed by atoms with Crippen LogP contribution in [0.4, 0.5) is 4.79 Å². The Kier molecular flexibility index (Phi) is 1.89. The van der Waals surface area contributed by atoms with Crippen LogP contribution < -0.4 is 5.73 Å². The summed E-state index contributed by atoms with van der Waals surface area (Å²) >= 11 is 0. The minimum Gasteiger partial charge on any atom is -0.446 e. The molecule has 56 valence electrons. The molecule has 1 aliphatic carbocycles. The van der Waals surface area contributed by atoms with Crippen molar-refractivity contribution in [3.8, 4) is 0 Å². The fourth-order valence-corrected chi connectivity index (χ4v) is 1.04. The molecule has 1 aliphatic rings. The number of amides is 1. The summed E-state index contributed by atoms with van der Waals surface area (Å²) in [5, 5.41) is 0. The number of carbonyl (C=O) groups excluding carboxylic acids is 2. The second kappa shape index (κ2) is 2.68. The van der Waals surface area contributed by atoms with Crippen molar-refractivity contribution in [2.45, 2.75) is 25.4 Å². The van der Waals surface area contributed by atoms with Gasteiger partial charge in [0.2, 0.25) is 0 Å². The molecule has 0 bridgehead atoms. The Hall–Kier alpha value is -1.06. The lowest BCUT2D eigenvalue weighted by Crippen LogP contribution is -2.20. The number of nitrogens with two attached hydrogens (primary N) is 1. The maximum absolute atomic E-state index is 10.6. The summed E-state index contributed by atoms with van der Waals surface area (Å²) in [4.78, 5) is 20.8.